The monoisotopic (exact) mass is 728 g/mol. The molecule has 1 fully saturated rings. The minimum atomic E-state index is -3.96. The third-order valence-electron chi connectivity index (χ3n) is 9.53. The number of aliphatic hydroxyl groups excluding tert-OH is 1. The molecule has 0 unspecified atom stereocenters. The van der Waals surface area contributed by atoms with Crippen molar-refractivity contribution >= 4 is 46.1 Å². The van der Waals surface area contributed by atoms with Gasteiger partial charge in [0.15, 0.2) is 11.1 Å². The second-order valence-corrected chi connectivity index (χ2v) is 12.4. The molecular formula is C38H28N6O10. The lowest BCUT2D eigenvalue weighted by Crippen LogP contribution is -2.76. The lowest BCUT2D eigenvalue weighted by Gasteiger charge is -2.44. The molecule has 54 heavy (non-hydrogen) atoms. The van der Waals surface area contributed by atoms with Crippen LogP contribution in [0.5, 0.6) is 0 Å². The van der Waals surface area contributed by atoms with E-state index in [1.807, 2.05) is 0 Å². The molecule has 0 aliphatic carbocycles. The molecule has 0 saturated carbocycles. The highest BCUT2D eigenvalue weighted by molar-refractivity contribution is 6.22. The second-order valence-electron chi connectivity index (χ2n) is 12.4. The van der Waals surface area contributed by atoms with Crippen LogP contribution in [0.15, 0.2) is 128 Å². The number of aliphatic hydroxyl groups is 3. The van der Waals surface area contributed by atoms with Gasteiger partial charge in [0.1, 0.15) is 6.33 Å². The van der Waals surface area contributed by atoms with E-state index in [0.717, 1.165) is 6.33 Å². The number of nitrogens with zero attached hydrogens (tertiary/aromatic N) is 5. The van der Waals surface area contributed by atoms with E-state index in [1.54, 1.807) is 6.07 Å². The summed E-state index contributed by atoms with van der Waals surface area (Å²) in [6.07, 6.45) is 0.775. The van der Waals surface area contributed by atoms with Crippen molar-refractivity contribution in [2.24, 2.45) is 0 Å². The first-order chi connectivity index (χ1) is 25.9. The van der Waals surface area contributed by atoms with Gasteiger partial charge in [0.2, 0.25) is 45.8 Å². The van der Waals surface area contributed by atoms with E-state index in [-0.39, 0.29) is 16.7 Å². The Kier molecular flexibility index (Phi) is 8.54. The number of fused-ring (bicyclic) bond motifs is 1. The quantitative estimate of drug-likeness (QED) is 0.0851. The Hall–Kier alpha value is -6.85. The van der Waals surface area contributed by atoms with E-state index in [1.165, 1.54) is 115 Å². The van der Waals surface area contributed by atoms with Crippen LogP contribution in [-0.4, -0.2) is 86.3 Å². The number of ether oxygens (including phenoxy) is 1. The average Bonchev–Trinajstić information content (AvgIpc) is 3.73. The predicted molar refractivity (Wildman–Crippen MR) is 188 cm³/mol. The zero-order chi connectivity index (χ0) is 38.5. The lowest BCUT2D eigenvalue weighted by atomic mass is 9.61. The van der Waals surface area contributed by atoms with Crippen LogP contribution in [-0.2, 0) is 10.5 Å². The molecule has 4 atom stereocenters. The number of hydrogen-bond acceptors (Lipinski definition) is 14. The Morgan fingerprint density at radius 1 is 0.685 bits per heavy atom. The van der Waals surface area contributed by atoms with Gasteiger partial charge in [-0.2, -0.15) is 0 Å². The van der Waals surface area contributed by atoms with E-state index in [9.17, 15) is 30.2 Å². The standard InChI is InChI=1S/C38H28N6O10/c39-32-27-33(42-34(41-32)44(52)53)43(22-40-27)38(31(49)26-19-11-4-12-20-26)37(51,30(48)25-17-9-3-10-18-25)36(50,29(47)24-15-7-2-8-16-24)35(21-45,54-38)28(46)23-13-5-1-6-14-23/h1-20,22,45,50-51H,21H2,(H2,39,41,42)/t35-,36+,37+,38+/m0/s1. The van der Waals surface area contributed by atoms with Crippen LogP contribution in [0.4, 0.5) is 11.8 Å². The fourth-order valence-corrected chi connectivity index (χ4v) is 7.00. The predicted octanol–water partition coefficient (Wildman–Crippen LogP) is 2.72. The molecule has 0 spiro atoms. The van der Waals surface area contributed by atoms with Crippen LogP contribution in [0, 0.1) is 10.1 Å². The molecule has 16 nitrogen and oxygen atoms in total. The van der Waals surface area contributed by atoms with Gasteiger partial charge in [0.05, 0.1) is 6.61 Å². The molecule has 0 amide bonds. The van der Waals surface area contributed by atoms with E-state index in [0.29, 0.717) is 4.57 Å². The van der Waals surface area contributed by atoms with E-state index >= 15 is 14.4 Å². The Morgan fingerprint density at radius 2 is 1.11 bits per heavy atom. The number of rotatable bonds is 11. The number of nitrogen functional groups attached to an aromatic ring is 1. The minimum absolute atomic E-state index is 0.277. The normalized spacial score (nSPS) is 23.5. The van der Waals surface area contributed by atoms with Gasteiger partial charge in [-0.1, -0.05) is 121 Å². The van der Waals surface area contributed by atoms with Crippen LogP contribution in [0.1, 0.15) is 41.4 Å². The molecule has 6 aromatic rings. The number of imidazole rings is 1. The number of Topliss-reactive ketones (excluding diaryl/α,β-unsaturated/α-hetero) is 4. The lowest BCUT2D eigenvalue weighted by molar-refractivity contribution is -0.394. The Labute approximate surface area is 304 Å². The highest BCUT2D eigenvalue weighted by Crippen LogP contribution is 2.60. The molecular weight excluding hydrogens is 700 g/mol. The maximum absolute atomic E-state index is 15.5. The Bertz CT molecular complexity index is 2470. The summed E-state index contributed by atoms with van der Waals surface area (Å²) in [5.74, 6) is -7.43. The third kappa shape index (κ3) is 4.75. The number of hydrogen-bond donors (Lipinski definition) is 4. The summed E-state index contributed by atoms with van der Waals surface area (Å²) in [5.41, 5.74) is -11.2. The molecule has 1 saturated heterocycles. The molecule has 270 valence electrons. The van der Waals surface area contributed by atoms with Gasteiger partial charge in [0.25, 0.3) is 5.72 Å². The number of nitrogens with two attached hydrogens (primary N) is 1. The van der Waals surface area contributed by atoms with Gasteiger partial charge in [0, 0.05) is 22.3 Å². The minimum Gasteiger partial charge on any atom is -0.393 e. The molecule has 5 N–H and O–H groups in total. The van der Waals surface area contributed by atoms with Gasteiger partial charge in [-0.25, -0.2) is 4.98 Å². The summed E-state index contributed by atoms with van der Waals surface area (Å²) in [5, 5.41) is 50.5. The first-order valence-corrected chi connectivity index (χ1v) is 16.2. The van der Waals surface area contributed by atoms with Crippen LogP contribution >= 0.6 is 0 Å². The van der Waals surface area contributed by atoms with Crippen LogP contribution in [0.3, 0.4) is 0 Å². The molecule has 0 radical (unpaired) electrons. The second kappa shape index (κ2) is 13.0. The van der Waals surface area contributed by atoms with Crippen molar-refractivity contribution in [1.82, 2.24) is 19.5 Å². The molecule has 16 heteroatoms. The number of carbonyl (C=O) groups is 4. The van der Waals surface area contributed by atoms with Crippen molar-refractivity contribution in [3.05, 3.63) is 160 Å². The van der Waals surface area contributed by atoms with Crippen molar-refractivity contribution in [2.75, 3.05) is 12.3 Å². The Morgan fingerprint density at radius 3 is 1.56 bits per heavy atom. The maximum atomic E-state index is 15.5. The molecule has 1 aliphatic heterocycles. The van der Waals surface area contributed by atoms with Crippen LogP contribution in [0.2, 0.25) is 0 Å². The number of nitro groups is 1. The molecule has 4 aromatic carbocycles. The first-order valence-electron chi connectivity index (χ1n) is 16.2. The van der Waals surface area contributed by atoms with Crippen molar-refractivity contribution in [1.29, 1.82) is 0 Å². The largest absolute Gasteiger partial charge is 0.473 e. The van der Waals surface area contributed by atoms with Gasteiger partial charge in [-0.15, -0.1) is 0 Å². The summed E-state index contributed by atoms with van der Waals surface area (Å²) >= 11 is 0. The van der Waals surface area contributed by atoms with Gasteiger partial charge >= 0.3 is 5.95 Å². The summed E-state index contributed by atoms with van der Waals surface area (Å²) in [6, 6.07) is 27.3. The third-order valence-corrected chi connectivity index (χ3v) is 9.53. The average molecular weight is 729 g/mol. The van der Waals surface area contributed by atoms with Crippen molar-refractivity contribution in [2.45, 2.75) is 22.5 Å². The SMILES string of the molecule is Nc1nc([N+](=O)[O-])nc2c1ncn2[C@]1(C(=O)c2ccccc2)O[C@@](CO)(C(=O)c2ccccc2)[C@](O)(C(=O)c2ccccc2)[C@]1(O)C(=O)c1ccccc1. The smallest absolute Gasteiger partial charge is 0.393 e. The van der Waals surface area contributed by atoms with Crippen molar-refractivity contribution < 1.29 is 44.2 Å². The fraction of sp³-hybridized carbons (Fsp3) is 0.132. The first kappa shape index (κ1) is 35.5. The molecule has 1 aliphatic rings. The topological polar surface area (TPSA) is 251 Å². The number of anilines is 1. The maximum Gasteiger partial charge on any atom is 0.473 e. The summed E-state index contributed by atoms with van der Waals surface area (Å²) in [6.45, 7) is -1.62. The Balaban J connectivity index is 1.72. The summed E-state index contributed by atoms with van der Waals surface area (Å²) in [7, 11) is 0. The molecule has 3 heterocycles. The van der Waals surface area contributed by atoms with Crippen LogP contribution in [0.25, 0.3) is 11.2 Å². The number of ketones is 4. The zero-order valence-corrected chi connectivity index (χ0v) is 27.8. The van der Waals surface area contributed by atoms with E-state index in [4.69, 9.17) is 10.5 Å². The fourth-order valence-electron chi connectivity index (χ4n) is 7.00. The number of benzene rings is 4. The zero-order valence-electron chi connectivity index (χ0n) is 27.8. The van der Waals surface area contributed by atoms with Gasteiger partial charge in [-0.3, -0.25) is 23.7 Å². The molecule has 0 bridgehead atoms. The van der Waals surface area contributed by atoms with Crippen LogP contribution < -0.4 is 5.73 Å². The highest BCUT2D eigenvalue weighted by Gasteiger charge is 2.89. The summed E-state index contributed by atoms with van der Waals surface area (Å²) < 4.78 is 7.07. The van der Waals surface area contributed by atoms with Crippen molar-refractivity contribution in [3.63, 3.8) is 0 Å². The van der Waals surface area contributed by atoms with Gasteiger partial charge in [-0.05, 0) is 14.9 Å². The molecule has 7 rings (SSSR count). The number of aromatic nitrogens is 4. The van der Waals surface area contributed by atoms with Gasteiger partial charge < -0.3 is 35.9 Å². The van der Waals surface area contributed by atoms with E-state index < -0.39 is 85.7 Å². The molecule has 2 aromatic heterocycles. The summed E-state index contributed by atoms with van der Waals surface area (Å²) in [4.78, 5) is 83.6. The highest BCUT2D eigenvalue weighted by atomic mass is 16.6. The van der Waals surface area contributed by atoms with E-state index in [2.05, 4.69) is 15.0 Å². The number of carbonyl (C=O) groups excluding carboxylic acids is 4. The van der Waals surface area contributed by atoms with Crippen molar-refractivity contribution in [3.8, 4) is 0 Å².